The van der Waals surface area contributed by atoms with E-state index < -0.39 is 29.0 Å². The maximum absolute atomic E-state index is 12.3. The number of rotatable bonds is 8. The van der Waals surface area contributed by atoms with Gasteiger partial charge in [-0.2, -0.15) is 5.10 Å². The summed E-state index contributed by atoms with van der Waals surface area (Å²) in [5, 5.41) is 17.3. The van der Waals surface area contributed by atoms with Gasteiger partial charge in [-0.3, -0.25) is 19.7 Å². The summed E-state index contributed by atoms with van der Waals surface area (Å²) in [6.07, 6.45) is 0. The van der Waals surface area contributed by atoms with E-state index in [2.05, 4.69) is 10.4 Å². The largest absolute Gasteiger partial charge is 0.494 e. The molecule has 1 amide bonds. The van der Waals surface area contributed by atoms with E-state index in [1.165, 1.54) is 31.4 Å². The minimum absolute atomic E-state index is 0.0773. The van der Waals surface area contributed by atoms with Gasteiger partial charge in [-0.15, -0.1) is 0 Å². The summed E-state index contributed by atoms with van der Waals surface area (Å²) < 4.78 is 11.1. The molecule has 1 heterocycles. The standard InChI is InChI=1S/C21H18N4O7/c1-31-18-11-15(25(29)30)7-8-16(18)22-19(26)13-32-21(28)17-9-10-20(27)24(23-17)12-14-5-3-2-4-6-14/h2-11H,12-13H2,1H3,(H,22,26). The van der Waals surface area contributed by atoms with Crippen LogP contribution < -0.4 is 15.6 Å². The summed E-state index contributed by atoms with van der Waals surface area (Å²) >= 11 is 0. The number of carbonyl (C=O) groups is 2. The number of methoxy groups -OCH3 is 1. The number of nitro benzene ring substituents is 1. The molecule has 0 aliphatic rings. The van der Waals surface area contributed by atoms with E-state index >= 15 is 0 Å². The predicted molar refractivity (Wildman–Crippen MR) is 113 cm³/mol. The lowest BCUT2D eigenvalue weighted by Crippen LogP contribution is -2.26. The van der Waals surface area contributed by atoms with Crippen molar-refractivity contribution in [2.24, 2.45) is 0 Å². The number of nitrogens with one attached hydrogen (secondary N) is 1. The maximum atomic E-state index is 12.3. The lowest BCUT2D eigenvalue weighted by Gasteiger charge is -2.10. The van der Waals surface area contributed by atoms with Gasteiger partial charge in [0.15, 0.2) is 12.3 Å². The fourth-order valence-corrected chi connectivity index (χ4v) is 2.72. The Bertz CT molecular complexity index is 1210. The van der Waals surface area contributed by atoms with Crippen LogP contribution in [-0.2, 0) is 16.1 Å². The second kappa shape index (κ2) is 9.98. The number of hydrogen-bond donors (Lipinski definition) is 1. The van der Waals surface area contributed by atoms with E-state index in [9.17, 15) is 24.5 Å². The van der Waals surface area contributed by atoms with Gasteiger partial charge in [-0.25, -0.2) is 9.48 Å². The zero-order valence-corrected chi connectivity index (χ0v) is 16.9. The first-order valence-electron chi connectivity index (χ1n) is 9.29. The van der Waals surface area contributed by atoms with Crippen molar-refractivity contribution in [2.75, 3.05) is 19.0 Å². The Balaban J connectivity index is 1.63. The molecule has 0 spiro atoms. The van der Waals surface area contributed by atoms with Crippen molar-refractivity contribution in [1.82, 2.24) is 9.78 Å². The fraction of sp³-hybridized carbons (Fsp3) is 0.143. The van der Waals surface area contributed by atoms with Gasteiger partial charge in [0.2, 0.25) is 0 Å². The van der Waals surface area contributed by atoms with E-state index in [0.717, 1.165) is 16.3 Å². The second-order valence-corrected chi connectivity index (χ2v) is 6.47. The molecule has 0 aliphatic heterocycles. The minimum atomic E-state index is -0.891. The number of anilines is 1. The number of carbonyl (C=O) groups excluding carboxylic acids is 2. The molecular formula is C21H18N4O7. The van der Waals surface area contributed by atoms with E-state index in [1.807, 2.05) is 30.3 Å². The molecule has 3 rings (SSSR count). The summed E-state index contributed by atoms with van der Waals surface area (Å²) in [6, 6.07) is 15.2. The summed E-state index contributed by atoms with van der Waals surface area (Å²) in [5.74, 6) is -1.51. The third-order valence-electron chi connectivity index (χ3n) is 4.26. The van der Waals surface area contributed by atoms with Crippen molar-refractivity contribution < 1.29 is 24.0 Å². The monoisotopic (exact) mass is 438 g/mol. The molecule has 1 aromatic heterocycles. The van der Waals surface area contributed by atoms with Gasteiger partial charge in [-0.05, 0) is 17.7 Å². The number of hydrogen-bond acceptors (Lipinski definition) is 8. The number of esters is 1. The Morgan fingerprint density at radius 3 is 2.56 bits per heavy atom. The van der Waals surface area contributed by atoms with Gasteiger partial charge < -0.3 is 14.8 Å². The second-order valence-electron chi connectivity index (χ2n) is 6.47. The molecule has 0 bridgehead atoms. The summed E-state index contributed by atoms with van der Waals surface area (Å²) in [5.41, 5.74) is 0.260. The van der Waals surface area contributed by atoms with Gasteiger partial charge in [0.25, 0.3) is 17.2 Å². The van der Waals surface area contributed by atoms with Crippen LogP contribution in [0.3, 0.4) is 0 Å². The van der Waals surface area contributed by atoms with Crippen molar-refractivity contribution in [1.29, 1.82) is 0 Å². The number of benzene rings is 2. The molecule has 0 atom stereocenters. The lowest BCUT2D eigenvalue weighted by atomic mass is 10.2. The molecule has 0 fully saturated rings. The quantitative estimate of drug-likeness (QED) is 0.320. The molecule has 0 radical (unpaired) electrons. The van der Waals surface area contributed by atoms with Gasteiger partial charge in [0.1, 0.15) is 5.75 Å². The smallest absolute Gasteiger partial charge is 0.359 e. The maximum Gasteiger partial charge on any atom is 0.359 e. The Labute approximate surface area is 181 Å². The van der Waals surface area contributed by atoms with E-state index in [1.54, 1.807) is 0 Å². The minimum Gasteiger partial charge on any atom is -0.494 e. The molecule has 3 aromatic rings. The van der Waals surface area contributed by atoms with Crippen LogP contribution in [0.2, 0.25) is 0 Å². The molecule has 11 nitrogen and oxygen atoms in total. The molecule has 2 aromatic carbocycles. The third-order valence-corrected chi connectivity index (χ3v) is 4.26. The fourth-order valence-electron chi connectivity index (χ4n) is 2.72. The number of nitrogens with zero attached hydrogens (tertiary/aromatic N) is 3. The average Bonchev–Trinajstić information content (AvgIpc) is 2.79. The van der Waals surface area contributed by atoms with Gasteiger partial charge >= 0.3 is 5.97 Å². The molecule has 0 saturated carbocycles. The highest BCUT2D eigenvalue weighted by molar-refractivity contribution is 5.95. The summed E-state index contributed by atoms with van der Waals surface area (Å²) in [4.78, 5) is 46.7. The van der Waals surface area contributed by atoms with Crippen LogP contribution in [0.25, 0.3) is 0 Å². The van der Waals surface area contributed by atoms with E-state index in [4.69, 9.17) is 9.47 Å². The molecule has 32 heavy (non-hydrogen) atoms. The van der Waals surface area contributed by atoms with Crippen molar-refractivity contribution >= 4 is 23.3 Å². The highest BCUT2D eigenvalue weighted by atomic mass is 16.6. The number of non-ortho nitro benzene ring substituents is 1. The summed E-state index contributed by atoms with van der Waals surface area (Å²) in [7, 11) is 1.30. The molecule has 1 N–H and O–H groups in total. The number of aromatic nitrogens is 2. The molecular weight excluding hydrogens is 420 g/mol. The highest BCUT2D eigenvalue weighted by Gasteiger charge is 2.16. The molecule has 0 aliphatic carbocycles. The highest BCUT2D eigenvalue weighted by Crippen LogP contribution is 2.28. The van der Waals surface area contributed by atoms with Crippen LogP contribution in [0.15, 0.2) is 65.5 Å². The van der Waals surface area contributed by atoms with Gasteiger partial charge in [0.05, 0.1) is 30.3 Å². The van der Waals surface area contributed by atoms with Crippen LogP contribution in [0.4, 0.5) is 11.4 Å². The Hall–Kier alpha value is -4.54. The van der Waals surface area contributed by atoms with Crippen molar-refractivity contribution in [3.63, 3.8) is 0 Å². The first-order chi connectivity index (χ1) is 15.4. The van der Waals surface area contributed by atoms with Gasteiger partial charge in [-0.1, -0.05) is 30.3 Å². The number of amides is 1. The topological polar surface area (TPSA) is 143 Å². The zero-order chi connectivity index (χ0) is 23.1. The molecule has 0 unspecified atom stereocenters. The normalized spacial score (nSPS) is 10.3. The Morgan fingerprint density at radius 2 is 1.88 bits per heavy atom. The molecule has 11 heteroatoms. The SMILES string of the molecule is COc1cc([N+](=O)[O-])ccc1NC(=O)COC(=O)c1ccc(=O)n(Cc2ccccc2)n1. The molecule has 0 saturated heterocycles. The Kier molecular flexibility index (Phi) is 6.91. The summed E-state index contributed by atoms with van der Waals surface area (Å²) in [6.45, 7) is -0.473. The van der Waals surface area contributed by atoms with Crippen molar-refractivity contribution in [2.45, 2.75) is 6.54 Å². The van der Waals surface area contributed by atoms with Crippen molar-refractivity contribution in [3.8, 4) is 5.75 Å². The van der Waals surface area contributed by atoms with E-state index in [0.29, 0.717) is 0 Å². The van der Waals surface area contributed by atoms with Gasteiger partial charge in [0, 0.05) is 12.1 Å². The van der Waals surface area contributed by atoms with Crippen molar-refractivity contribution in [3.05, 3.63) is 92.4 Å². The molecule has 164 valence electrons. The third kappa shape index (κ3) is 5.53. The first kappa shape index (κ1) is 22.2. The van der Waals surface area contributed by atoms with Crippen LogP contribution in [0.1, 0.15) is 16.1 Å². The first-order valence-corrected chi connectivity index (χ1v) is 9.29. The number of nitro groups is 1. The van der Waals surface area contributed by atoms with Crippen LogP contribution in [-0.4, -0.2) is 40.3 Å². The predicted octanol–water partition coefficient (Wildman–Crippen LogP) is 2.00. The Morgan fingerprint density at radius 1 is 1.12 bits per heavy atom. The van der Waals surface area contributed by atoms with E-state index in [-0.39, 0.29) is 29.4 Å². The lowest BCUT2D eigenvalue weighted by molar-refractivity contribution is -0.384. The van der Waals surface area contributed by atoms with Crippen LogP contribution in [0, 0.1) is 10.1 Å². The average molecular weight is 438 g/mol. The zero-order valence-electron chi connectivity index (χ0n) is 16.9. The van der Waals surface area contributed by atoms with Crippen LogP contribution >= 0.6 is 0 Å². The van der Waals surface area contributed by atoms with Crippen LogP contribution in [0.5, 0.6) is 5.75 Å². The number of ether oxygens (including phenoxy) is 2.